The first kappa shape index (κ1) is 20.1. The van der Waals surface area contributed by atoms with E-state index in [1.807, 2.05) is 6.07 Å². The third kappa shape index (κ3) is 3.95. The number of hydrogen-bond acceptors (Lipinski definition) is 4. The van der Waals surface area contributed by atoms with Crippen LogP contribution in [-0.2, 0) is 11.2 Å². The van der Waals surface area contributed by atoms with E-state index in [-0.39, 0.29) is 37.4 Å². The lowest BCUT2D eigenvalue weighted by Gasteiger charge is -2.21. The van der Waals surface area contributed by atoms with Gasteiger partial charge in [-0.1, -0.05) is 0 Å². The molecular weight excluding hydrogens is 394 g/mol. The number of carbonyl (C=O) groups excluding carboxylic acids is 1. The van der Waals surface area contributed by atoms with Crippen molar-refractivity contribution in [2.45, 2.75) is 43.8 Å². The van der Waals surface area contributed by atoms with Crippen LogP contribution in [0, 0.1) is 28.0 Å². The molecule has 2 aliphatic rings. The van der Waals surface area contributed by atoms with Gasteiger partial charge >= 0.3 is 0 Å². The highest BCUT2D eigenvalue weighted by Crippen LogP contribution is 2.44. The second kappa shape index (κ2) is 7.94. The van der Waals surface area contributed by atoms with Gasteiger partial charge in [0.25, 0.3) is 5.56 Å². The van der Waals surface area contributed by atoms with Crippen LogP contribution in [0.5, 0.6) is 0 Å². The molecule has 0 bridgehead atoms. The molecule has 3 unspecified atom stereocenters. The van der Waals surface area contributed by atoms with E-state index < -0.39 is 35.4 Å². The third-order valence-corrected chi connectivity index (χ3v) is 5.83. The molecule has 2 aromatic rings. The molecule has 0 spiro atoms. The van der Waals surface area contributed by atoms with Gasteiger partial charge in [-0.2, -0.15) is 5.26 Å². The highest BCUT2D eigenvalue weighted by Gasteiger charge is 2.43. The normalized spacial score (nSPS) is 23.9. The smallest absolute Gasteiger partial charge is 0.252 e. The minimum Gasteiger partial charge on any atom is -0.349 e. The Balaban J connectivity index is 1.52. The van der Waals surface area contributed by atoms with Crippen LogP contribution in [0.4, 0.5) is 8.78 Å². The van der Waals surface area contributed by atoms with Crippen molar-refractivity contribution in [1.82, 2.24) is 10.3 Å². The first-order chi connectivity index (χ1) is 14.4. The molecule has 1 amide bonds. The summed E-state index contributed by atoms with van der Waals surface area (Å²) in [6.07, 6.45) is -0.0783. The maximum absolute atomic E-state index is 14.2. The van der Waals surface area contributed by atoms with Gasteiger partial charge in [0, 0.05) is 32.6 Å². The van der Waals surface area contributed by atoms with Crippen molar-refractivity contribution in [3.63, 3.8) is 0 Å². The Morgan fingerprint density at radius 3 is 2.80 bits per heavy atom. The molecular formula is C21H21F2N4O3+. The van der Waals surface area contributed by atoms with Crippen molar-refractivity contribution < 1.29 is 18.3 Å². The van der Waals surface area contributed by atoms with E-state index in [9.17, 15) is 23.3 Å². The van der Waals surface area contributed by atoms with Gasteiger partial charge in [0.15, 0.2) is 6.17 Å². The van der Waals surface area contributed by atoms with Gasteiger partial charge in [-0.3, -0.25) is 9.59 Å². The monoisotopic (exact) mass is 415 g/mol. The predicted octanol–water partition coefficient (Wildman–Crippen LogP) is 2.23. The standard InChI is InChI=1S/C21H20F2N4O3/c22-13-3-4-17-14(6-13)20(12-1-2-12)15(21(29)26-17)7-19(28)25-9-18-16(23)5-11(8-24)10-27(18)30/h3-4,6,11-12,16,18H,1-2,5,7,9-10H2,(H-,25,26,28,29)/p+1. The Kier molecular flexibility index (Phi) is 5.33. The molecule has 30 heavy (non-hydrogen) atoms. The predicted molar refractivity (Wildman–Crippen MR) is 104 cm³/mol. The molecule has 1 aliphatic heterocycles. The first-order valence-electron chi connectivity index (χ1n) is 9.95. The van der Waals surface area contributed by atoms with Gasteiger partial charge in [0.05, 0.1) is 19.0 Å². The minimum atomic E-state index is -1.52. The number of rotatable bonds is 5. The van der Waals surface area contributed by atoms with Crippen LogP contribution in [0.1, 0.15) is 36.3 Å². The highest BCUT2D eigenvalue weighted by molar-refractivity contribution is 5.87. The van der Waals surface area contributed by atoms with Crippen molar-refractivity contribution in [2.24, 2.45) is 5.92 Å². The molecule has 156 valence electrons. The third-order valence-electron chi connectivity index (χ3n) is 5.83. The lowest BCUT2D eigenvalue weighted by molar-refractivity contribution is -0.605. The van der Waals surface area contributed by atoms with Crippen LogP contribution < -0.4 is 10.9 Å². The van der Waals surface area contributed by atoms with Crippen LogP contribution >= 0.6 is 0 Å². The zero-order chi connectivity index (χ0) is 21.4. The number of alkyl halides is 1. The molecule has 9 heteroatoms. The van der Waals surface area contributed by atoms with Crippen LogP contribution in [-0.4, -0.2) is 41.0 Å². The van der Waals surface area contributed by atoms with Gasteiger partial charge in [0.1, 0.15) is 11.7 Å². The average molecular weight is 415 g/mol. The van der Waals surface area contributed by atoms with Crippen LogP contribution in [0.2, 0.25) is 0 Å². The van der Waals surface area contributed by atoms with Crippen molar-refractivity contribution in [3.05, 3.63) is 50.4 Å². The number of carbonyl (C=O) groups is 1. The number of aromatic amines is 1. The highest BCUT2D eigenvalue weighted by atomic mass is 19.1. The number of halogens is 2. The number of piperidine rings is 1. The molecule has 1 aromatic carbocycles. The SMILES string of the molecule is N#CC1CC(F)C(CNC(=O)Cc2c(C3CC3)c3cc(F)ccc3[nH]c2=O)[N+](=O)C1. The van der Waals surface area contributed by atoms with Gasteiger partial charge in [-0.15, -0.1) is 0 Å². The summed E-state index contributed by atoms with van der Waals surface area (Å²) >= 11 is 0. The number of benzene rings is 1. The zero-order valence-electron chi connectivity index (χ0n) is 16.2. The Bertz CT molecular complexity index is 1120. The van der Waals surface area contributed by atoms with Gasteiger partial charge in [0.2, 0.25) is 18.5 Å². The number of nitrogens with one attached hydrogen (secondary N) is 2. The lowest BCUT2D eigenvalue weighted by atomic mass is 9.93. The summed E-state index contributed by atoms with van der Waals surface area (Å²) in [6, 6.07) is 4.96. The van der Waals surface area contributed by atoms with Gasteiger partial charge < -0.3 is 10.3 Å². The molecule has 0 radical (unpaired) electrons. The summed E-state index contributed by atoms with van der Waals surface area (Å²) in [4.78, 5) is 39.8. The molecule has 2 heterocycles. The number of nitroso groups, excluding NO2 is 1. The topological polar surface area (TPSA) is 106 Å². The number of amides is 1. The van der Waals surface area contributed by atoms with E-state index in [1.165, 1.54) is 18.2 Å². The largest absolute Gasteiger partial charge is 0.349 e. The molecule has 4 rings (SSSR count). The number of hydrogen-bond donors (Lipinski definition) is 2. The molecule has 7 nitrogen and oxygen atoms in total. The summed E-state index contributed by atoms with van der Waals surface area (Å²) in [6.45, 7) is -0.306. The van der Waals surface area contributed by atoms with E-state index in [1.54, 1.807) is 0 Å². The maximum atomic E-state index is 14.2. The van der Waals surface area contributed by atoms with Crippen molar-refractivity contribution in [1.29, 1.82) is 5.26 Å². The Labute approximate surface area is 170 Å². The number of nitrogens with zero attached hydrogens (tertiary/aromatic N) is 2. The summed E-state index contributed by atoms with van der Waals surface area (Å²) < 4.78 is 28.5. The van der Waals surface area contributed by atoms with Gasteiger partial charge in [-0.05, 0) is 42.5 Å². The number of H-pyrrole nitrogens is 1. The fourth-order valence-electron chi connectivity index (χ4n) is 4.15. The average Bonchev–Trinajstić information content (AvgIpc) is 3.53. The Hall–Kier alpha value is -3.15. The Morgan fingerprint density at radius 1 is 1.37 bits per heavy atom. The summed E-state index contributed by atoms with van der Waals surface area (Å²) in [5.74, 6) is -1.50. The van der Waals surface area contributed by atoms with Crippen LogP contribution in [0.25, 0.3) is 10.9 Å². The summed E-state index contributed by atoms with van der Waals surface area (Å²) in [5.41, 5.74) is 1.07. The Morgan fingerprint density at radius 2 is 2.13 bits per heavy atom. The van der Waals surface area contributed by atoms with E-state index >= 15 is 0 Å². The quantitative estimate of drug-likeness (QED) is 0.731. The summed E-state index contributed by atoms with van der Waals surface area (Å²) in [5, 5.41) is 12.0. The fraction of sp³-hybridized carbons (Fsp3) is 0.476. The molecule has 1 saturated heterocycles. The molecule has 2 N–H and O–H groups in total. The van der Waals surface area contributed by atoms with E-state index in [2.05, 4.69) is 10.3 Å². The first-order valence-corrected chi connectivity index (χ1v) is 9.95. The van der Waals surface area contributed by atoms with E-state index in [4.69, 9.17) is 5.26 Å². The van der Waals surface area contributed by atoms with Crippen molar-refractivity contribution in [3.8, 4) is 6.07 Å². The molecule has 1 aromatic heterocycles. The fourth-order valence-corrected chi connectivity index (χ4v) is 4.15. The number of pyridine rings is 1. The van der Waals surface area contributed by atoms with Crippen molar-refractivity contribution in [2.75, 3.05) is 13.1 Å². The number of fused-ring (bicyclic) bond motifs is 1. The zero-order valence-corrected chi connectivity index (χ0v) is 16.2. The van der Waals surface area contributed by atoms with E-state index in [0.717, 1.165) is 12.8 Å². The molecule has 3 atom stereocenters. The van der Waals surface area contributed by atoms with Gasteiger partial charge in [-0.25, -0.2) is 8.78 Å². The lowest BCUT2D eigenvalue weighted by Crippen LogP contribution is -2.49. The van der Waals surface area contributed by atoms with Crippen molar-refractivity contribution >= 4 is 16.8 Å². The van der Waals surface area contributed by atoms with Crippen LogP contribution in [0.15, 0.2) is 23.0 Å². The summed E-state index contributed by atoms with van der Waals surface area (Å²) in [7, 11) is 0. The minimum absolute atomic E-state index is 0.0441. The second-order valence-corrected chi connectivity index (χ2v) is 8.04. The molecule has 1 saturated carbocycles. The maximum Gasteiger partial charge on any atom is 0.252 e. The molecule has 1 aliphatic carbocycles. The number of nitriles is 1. The van der Waals surface area contributed by atoms with E-state index in [0.29, 0.717) is 21.2 Å². The molecule has 2 fully saturated rings. The van der Waals surface area contributed by atoms with Crippen LogP contribution in [0.3, 0.4) is 0 Å². The second-order valence-electron chi connectivity index (χ2n) is 8.04. The number of aromatic nitrogens is 1.